The third-order valence-electron chi connectivity index (χ3n) is 16.1. The van der Waals surface area contributed by atoms with Crippen LogP contribution in [0.3, 0.4) is 0 Å². The predicted molar refractivity (Wildman–Crippen MR) is 358 cm³/mol. The first kappa shape index (κ1) is 68.2. The van der Waals surface area contributed by atoms with Gasteiger partial charge in [0, 0.05) is 10.8 Å². The smallest absolute Gasteiger partial charge is 0.203 e. The molecule has 0 saturated heterocycles. The van der Waals surface area contributed by atoms with E-state index in [9.17, 15) is 20.4 Å². The lowest BCUT2D eigenvalue weighted by Crippen LogP contribution is -2.09. The van der Waals surface area contributed by atoms with Crippen molar-refractivity contribution >= 4 is 21.5 Å². The van der Waals surface area contributed by atoms with Crippen molar-refractivity contribution in [2.45, 2.75) is 209 Å². The molecule has 0 aliphatic heterocycles. The van der Waals surface area contributed by atoms with Crippen molar-refractivity contribution in [3.63, 3.8) is 0 Å². The number of phenols is 4. The first-order valence-electron chi connectivity index (χ1n) is 33.5. The van der Waals surface area contributed by atoms with Gasteiger partial charge in [0.1, 0.15) is 13.2 Å². The van der Waals surface area contributed by atoms with Crippen LogP contribution in [0.1, 0.15) is 207 Å². The van der Waals surface area contributed by atoms with Crippen LogP contribution < -0.4 is 37.9 Å². The summed E-state index contributed by atoms with van der Waals surface area (Å²) in [4.78, 5) is 0. The molecule has 0 saturated carbocycles. The second kappa shape index (κ2) is 37.5. The summed E-state index contributed by atoms with van der Waals surface area (Å²) in [6, 6.07) is 29.9. The van der Waals surface area contributed by atoms with E-state index in [0.29, 0.717) is 96.8 Å². The highest BCUT2D eigenvalue weighted by atomic mass is 16.6. The number of phenolic OH excluding ortho intramolecular Hbond substituents is 4. The standard InChI is InChI=1S/C76H102O12/c1-7-13-19-25-39-81-69-45-55(46-70(82-40-26-20-14-8-2)75(69)85-43-29-23-17-11-5)53-87-73-61-35-31-57(59-33-37-65(77)67(79)51-59)49-63(61)64-50-58(60-34-38-66(78)68(80)52-60)32-36-62(64)74(73)88-54-56-47-71(83-41-27-21-15-9-3)76(86-44-30-24-18-12-6)72(48-56)84-42-28-22-16-10-4/h31-38,45-52,77-80H,7-30,39-44,53-54H2,1-6H3. The molecule has 0 amide bonds. The highest BCUT2D eigenvalue weighted by molar-refractivity contribution is 6.15. The summed E-state index contributed by atoms with van der Waals surface area (Å²) in [5.41, 5.74) is 4.64. The summed E-state index contributed by atoms with van der Waals surface area (Å²) in [6.45, 7) is 16.7. The van der Waals surface area contributed by atoms with Crippen LogP contribution in [0.5, 0.6) is 69.0 Å². The van der Waals surface area contributed by atoms with Crippen molar-refractivity contribution in [2.75, 3.05) is 39.6 Å². The lowest BCUT2D eigenvalue weighted by Gasteiger charge is -2.22. The number of hydrogen-bond acceptors (Lipinski definition) is 12. The van der Waals surface area contributed by atoms with Crippen LogP contribution in [0.15, 0.2) is 97.1 Å². The van der Waals surface area contributed by atoms with Crippen molar-refractivity contribution in [1.29, 1.82) is 0 Å². The Bertz CT molecular complexity index is 2920. The van der Waals surface area contributed by atoms with Gasteiger partial charge in [0.2, 0.25) is 11.5 Å². The zero-order chi connectivity index (χ0) is 62.3. The Balaban J connectivity index is 1.40. The monoisotopic (exact) mass is 1210 g/mol. The minimum absolute atomic E-state index is 0.112. The van der Waals surface area contributed by atoms with Gasteiger partial charge in [-0.2, -0.15) is 0 Å². The minimum atomic E-state index is -0.229. The van der Waals surface area contributed by atoms with Crippen molar-refractivity contribution in [3.8, 4) is 91.2 Å². The van der Waals surface area contributed by atoms with Crippen molar-refractivity contribution < 1.29 is 58.3 Å². The van der Waals surface area contributed by atoms with Crippen LogP contribution in [0.2, 0.25) is 0 Å². The van der Waals surface area contributed by atoms with Crippen LogP contribution >= 0.6 is 0 Å². The summed E-state index contributed by atoms with van der Waals surface area (Å²) < 4.78 is 54.6. The molecule has 4 N–H and O–H groups in total. The molecule has 7 aromatic carbocycles. The fraction of sp³-hybridized carbons (Fsp3) is 0.500. The van der Waals surface area contributed by atoms with E-state index in [0.717, 1.165) is 198 Å². The third kappa shape index (κ3) is 20.4. The zero-order valence-electron chi connectivity index (χ0n) is 53.9. The van der Waals surface area contributed by atoms with Gasteiger partial charge in [0.05, 0.1) is 39.6 Å². The van der Waals surface area contributed by atoms with E-state index < -0.39 is 0 Å². The summed E-state index contributed by atoms with van der Waals surface area (Å²) in [7, 11) is 0. The molecule has 7 aromatic rings. The second-order valence-corrected chi connectivity index (χ2v) is 23.5. The van der Waals surface area contributed by atoms with Crippen LogP contribution in [-0.4, -0.2) is 60.1 Å². The number of unbranched alkanes of at least 4 members (excludes halogenated alkanes) is 18. The Morgan fingerprint density at radius 2 is 0.511 bits per heavy atom. The van der Waals surface area contributed by atoms with E-state index >= 15 is 0 Å². The maximum atomic E-state index is 10.7. The summed E-state index contributed by atoms with van der Waals surface area (Å²) in [5.74, 6) is 3.90. The van der Waals surface area contributed by atoms with Gasteiger partial charge in [0.15, 0.2) is 57.5 Å². The minimum Gasteiger partial charge on any atom is -0.504 e. The molecule has 0 aliphatic carbocycles. The normalized spacial score (nSPS) is 11.3. The van der Waals surface area contributed by atoms with E-state index in [2.05, 4.69) is 53.7 Å². The molecule has 0 fully saturated rings. The maximum Gasteiger partial charge on any atom is 0.203 e. The van der Waals surface area contributed by atoms with Gasteiger partial charge in [-0.3, -0.25) is 0 Å². The summed E-state index contributed by atoms with van der Waals surface area (Å²) in [6.07, 6.45) is 25.5. The Hall–Kier alpha value is -7.34. The molecular weight excluding hydrogens is 1100 g/mol. The number of rotatable bonds is 44. The molecule has 88 heavy (non-hydrogen) atoms. The fourth-order valence-corrected chi connectivity index (χ4v) is 10.9. The Morgan fingerprint density at radius 1 is 0.239 bits per heavy atom. The van der Waals surface area contributed by atoms with Gasteiger partial charge in [-0.25, -0.2) is 0 Å². The molecule has 478 valence electrons. The molecule has 12 nitrogen and oxygen atoms in total. The molecule has 0 aliphatic rings. The third-order valence-corrected chi connectivity index (χ3v) is 16.1. The quantitative estimate of drug-likeness (QED) is 0.0163. The summed E-state index contributed by atoms with van der Waals surface area (Å²) >= 11 is 0. The molecule has 0 bridgehead atoms. The Labute approximate surface area is 525 Å². The van der Waals surface area contributed by atoms with Gasteiger partial charge in [-0.15, -0.1) is 0 Å². The average molecular weight is 1210 g/mol. The van der Waals surface area contributed by atoms with E-state index in [-0.39, 0.29) is 36.2 Å². The van der Waals surface area contributed by atoms with Crippen LogP contribution in [-0.2, 0) is 13.2 Å². The first-order chi connectivity index (χ1) is 43.1. The Kier molecular flexibility index (Phi) is 29.0. The van der Waals surface area contributed by atoms with Crippen molar-refractivity contribution in [2.24, 2.45) is 0 Å². The maximum absolute atomic E-state index is 10.7. The molecule has 7 rings (SSSR count). The highest BCUT2D eigenvalue weighted by Crippen LogP contribution is 2.49. The fourth-order valence-electron chi connectivity index (χ4n) is 10.9. The molecule has 12 heteroatoms. The first-order valence-corrected chi connectivity index (χ1v) is 33.5. The average Bonchev–Trinajstić information content (AvgIpc) is 0.825. The summed E-state index contributed by atoms with van der Waals surface area (Å²) in [5, 5.41) is 45.4. The predicted octanol–water partition coefficient (Wildman–Crippen LogP) is 21.1. The van der Waals surface area contributed by atoms with E-state index in [1.807, 2.05) is 48.5 Å². The zero-order valence-corrected chi connectivity index (χ0v) is 53.9. The van der Waals surface area contributed by atoms with E-state index in [4.69, 9.17) is 37.9 Å². The number of ether oxygens (including phenoxy) is 8. The van der Waals surface area contributed by atoms with Gasteiger partial charge in [-0.05, 0) is 155 Å². The molecule has 0 spiro atoms. The van der Waals surface area contributed by atoms with E-state index in [1.165, 1.54) is 12.1 Å². The molecule has 0 heterocycles. The van der Waals surface area contributed by atoms with Gasteiger partial charge < -0.3 is 58.3 Å². The SMILES string of the molecule is CCCCCCOc1cc(COc2c(OCc3cc(OCCCCCC)c(OCCCCCC)c(OCCCCCC)c3)c3ccc(-c4ccc(O)c(O)c4)cc3c3cc(-c4ccc(O)c(O)c4)ccc23)cc(OCCCCCC)c1OCCCCCC. The second-order valence-electron chi connectivity index (χ2n) is 23.5. The topological polar surface area (TPSA) is 155 Å². The number of fused-ring (bicyclic) bond motifs is 3. The van der Waals surface area contributed by atoms with Gasteiger partial charge >= 0.3 is 0 Å². The molecule has 0 radical (unpaired) electrons. The number of hydrogen-bond donors (Lipinski definition) is 4. The molecule has 0 aromatic heterocycles. The number of aromatic hydroxyl groups is 4. The van der Waals surface area contributed by atoms with E-state index in [1.54, 1.807) is 24.3 Å². The van der Waals surface area contributed by atoms with Gasteiger partial charge in [0.25, 0.3) is 0 Å². The highest BCUT2D eigenvalue weighted by Gasteiger charge is 2.24. The molecule has 0 atom stereocenters. The van der Waals surface area contributed by atoms with Crippen molar-refractivity contribution in [3.05, 3.63) is 108 Å². The largest absolute Gasteiger partial charge is 0.504 e. The van der Waals surface area contributed by atoms with Gasteiger partial charge in [-0.1, -0.05) is 181 Å². The lowest BCUT2D eigenvalue weighted by atomic mass is 9.93. The van der Waals surface area contributed by atoms with Crippen molar-refractivity contribution in [1.82, 2.24) is 0 Å². The number of benzene rings is 7. The molecule has 0 unspecified atom stereocenters. The van der Waals surface area contributed by atoms with Crippen LogP contribution in [0.4, 0.5) is 0 Å². The Morgan fingerprint density at radius 3 is 0.795 bits per heavy atom. The van der Waals surface area contributed by atoms with Crippen LogP contribution in [0.25, 0.3) is 43.8 Å². The lowest BCUT2D eigenvalue weighted by molar-refractivity contribution is 0.230. The van der Waals surface area contributed by atoms with Crippen LogP contribution in [0, 0.1) is 0 Å². The molecular formula is C76H102O12.